The van der Waals surface area contributed by atoms with Crippen LogP contribution in [0.2, 0.25) is 0 Å². The fourth-order valence-corrected chi connectivity index (χ4v) is 2.06. The lowest BCUT2D eigenvalue weighted by Crippen LogP contribution is -1.99. The van der Waals surface area contributed by atoms with Gasteiger partial charge in [0.15, 0.2) is 0 Å². The predicted molar refractivity (Wildman–Crippen MR) is 79.2 cm³/mol. The Hall–Kier alpha value is -2.21. The van der Waals surface area contributed by atoms with Crippen molar-refractivity contribution in [3.63, 3.8) is 0 Å². The molecule has 3 aromatic rings. The third-order valence-electron chi connectivity index (χ3n) is 2.68. The number of hydrogen-bond acceptors (Lipinski definition) is 5. The summed E-state index contributed by atoms with van der Waals surface area (Å²) in [7, 11) is 0. The lowest BCUT2D eigenvalue weighted by Gasteiger charge is -2.09. The van der Waals surface area contributed by atoms with Crippen LogP contribution in [0.5, 0.6) is 0 Å². The zero-order valence-corrected chi connectivity index (χ0v) is 11.4. The first-order chi connectivity index (χ1) is 9.24. The van der Waals surface area contributed by atoms with Crippen molar-refractivity contribution in [2.75, 3.05) is 11.1 Å². The van der Waals surface area contributed by atoms with Gasteiger partial charge in [0.25, 0.3) is 0 Å². The van der Waals surface area contributed by atoms with Crippen molar-refractivity contribution in [1.29, 1.82) is 0 Å². The number of halogens is 1. The third kappa shape index (κ3) is 2.34. The van der Waals surface area contributed by atoms with Crippen LogP contribution in [0.1, 0.15) is 0 Å². The Morgan fingerprint density at radius 1 is 1.11 bits per heavy atom. The largest absolute Gasteiger partial charge is 0.383 e. The Bertz CT molecular complexity index is 744. The highest BCUT2D eigenvalue weighted by molar-refractivity contribution is 9.10. The molecule has 94 valence electrons. The highest BCUT2D eigenvalue weighted by atomic mass is 79.9. The molecule has 0 aliphatic carbocycles. The Kier molecular flexibility index (Phi) is 3.00. The van der Waals surface area contributed by atoms with E-state index in [2.05, 4.69) is 36.2 Å². The van der Waals surface area contributed by atoms with Crippen molar-refractivity contribution in [3.8, 4) is 0 Å². The van der Waals surface area contributed by atoms with E-state index in [4.69, 9.17) is 5.73 Å². The summed E-state index contributed by atoms with van der Waals surface area (Å²) in [5, 5.41) is 4.26. The maximum absolute atomic E-state index is 5.72. The van der Waals surface area contributed by atoms with Crippen LogP contribution in [0.4, 0.5) is 17.3 Å². The quantitative estimate of drug-likeness (QED) is 0.759. The molecule has 0 bridgehead atoms. The molecule has 3 rings (SSSR count). The second-order valence-corrected chi connectivity index (χ2v) is 4.75. The molecule has 0 saturated heterocycles. The topological polar surface area (TPSA) is 76.7 Å². The summed E-state index contributed by atoms with van der Waals surface area (Å²) in [5.41, 5.74) is 7.59. The summed E-state index contributed by atoms with van der Waals surface area (Å²) in [5.74, 6) is 1.04. The molecular formula is C13H10BrN5. The predicted octanol–water partition coefficient (Wildman–Crippen LogP) is 3.11. The number of anilines is 3. The highest BCUT2D eigenvalue weighted by Gasteiger charge is 2.06. The molecule has 0 aliphatic heterocycles. The number of nitrogens with one attached hydrogen (secondary N) is 1. The molecule has 0 unspecified atom stereocenters. The zero-order chi connectivity index (χ0) is 13.2. The first-order valence-electron chi connectivity index (χ1n) is 5.62. The van der Waals surface area contributed by atoms with E-state index >= 15 is 0 Å². The van der Waals surface area contributed by atoms with Gasteiger partial charge in [-0.15, -0.1) is 0 Å². The van der Waals surface area contributed by atoms with Crippen LogP contribution in [0, 0.1) is 0 Å². The lowest BCUT2D eigenvalue weighted by molar-refractivity contribution is 1.16. The van der Waals surface area contributed by atoms with Gasteiger partial charge in [0.1, 0.15) is 22.4 Å². The fraction of sp³-hybridized carbons (Fsp3) is 0. The lowest BCUT2D eigenvalue weighted by atomic mass is 10.2. The van der Waals surface area contributed by atoms with E-state index in [0.717, 1.165) is 16.6 Å². The summed E-state index contributed by atoms with van der Waals surface area (Å²) in [6.45, 7) is 0. The Morgan fingerprint density at radius 3 is 2.89 bits per heavy atom. The summed E-state index contributed by atoms with van der Waals surface area (Å²) in [6.07, 6.45) is 3.20. The van der Waals surface area contributed by atoms with Crippen molar-refractivity contribution < 1.29 is 0 Å². The molecule has 1 aromatic carbocycles. The van der Waals surface area contributed by atoms with E-state index in [1.54, 1.807) is 6.20 Å². The monoisotopic (exact) mass is 315 g/mol. The van der Waals surface area contributed by atoms with Crippen molar-refractivity contribution >= 4 is 44.2 Å². The van der Waals surface area contributed by atoms with E-state index in [-0.39, 0.29) is 0 Å². The van der Waals surface area contributed by atoms with Gasteiger partial charge in [-0.25, -0.2) is 9.97 Å². The molecule has 6 heteroatoms. The minimum atomic E-state index is 0.403. The molecule has 19 heavy (non-hydrogen) atoms. The molecule has 5 nitrogen and oxygen atoms in total. The number of benzene rings is 1. The molecule has 0 saturated carbocycles. The van der Waals surface area contributed by atoms with Crippen molar-refractivity contribution in [1.82, 2.24) is 15.0 Å². The van der Waals surface area contributed by atoms with E-state index in [0.29, 0.717) is 16.1 Å². The number of nitrogen functional groups attached to an aromatic ring is 1. The molecule has 0 amide bonds. The average Bonchev–Trinajstić information content (AvgIpc) is 2.44. The van der Waals surface area contributed by atoms with Crippen molar-refractivity contribution in [2.45, 2.75) is 0 Å². The van der Waals surface area contributed by atoms with Crippen LogP contribution in [-0.4, -0.2) is 15.0 Å². The molecule has 0 radical (unpaired) electrons. The average molecular weight is 316 g/mol. The number of pyridine rings is 1. The number of hydrogen-bond donors (Lipinski definition) is 2. The van der Waals surface area contributed by atoms with E-state index in [9.17, 15) is 0 Å². The normalized spacial score (nSPS) is 10.6. The van der Waals surface area contributed by atoms with Gasteiger partial charge >= 0.3 is 0 Å². The number of rotatable bonds is 2. The minimum Gasteiger partial charge on any atom is -0.383 e. The van der Waals surface area contributed by atoms with Gasteiger partial charge in [-0.05, 0) is 40.2 Å². The van der Waals surface area contributed by atoms with Gasteiger partial charge in [0.2, 0.25) is 0 Å². The van der Waals surface area contributed by atoms with Crippen LogP contribution in [0.3, 0.4) is 0 Å². The third-order valence-corrected chi connectivity index (χ3v) is 3.46. The van der Waals surface area contributed by atoms with Crippen molar-refractivity contribution in [3.05, 3.63) is 47.3 Å². The molecule has 2 heterocycles. The molecule has 3 N–H and O–H groups in total. The standard InChI is InChI=1S/C13H10BrN5/c14-11-12(15)17-7-18-13(11)19-9-3-4-10-8(6-9)2-1-5-16-10/h1-7H,(H3,15,17,18,19). The van der Waals surface area contributed by atoms with Crippen LogP contribution < -0.4 is 11.1 Å². The summed E-state index contributed by atoms with van der Waals surface area (Å²) in [6, 6.07) is 9.82. The van der Waals surface area contributed by atoms with Gasteiger partial charge < -0.3 is 11.1 Å². The van der Waals surface area contributed by atoms with E-state index < -0.39 is 0 Å². The Labute approximate surface area is 118 Å². The fourth-order valence-electron chi connectivity index (χ4n) is 1.76. The molecule has 2 aromatic heterocycles. The first kappa shape index (κ1) is 11.9. The van der Waals surface area contributed by atoms with E-state index in [1.807, 2.05) is 30.3 Å². The van der Waals surface area contributed by atoms with Gasteiger partial charge in [-0.3, -0.25) is 4.98 Å². The second kappa shape index (κ2) is 4.81. The summed E-state index contributed by atoms with van der Waals surface area (Å²) in [4.78, 5) is 12.3. The maximum Gasteiger partial charge on any atom is 0.150 e. The molecule has 0 fully saturated rings. The molecular weight excluding hydrogens is 306 g/mol. The smallest absolute Gasteiger partial charge is 0.150 e. The van der Waals surface area contributed by atoms with Gasteiger partial charge in [0, 0.05) is 17.3 Å². The Balaban J connectivity index is 1.99. The van der Waals surface area contributed by atoms with Gasteiger partial charge in [-0.1, -0.05) is 6.07 Å². The second-order valence-electron chi connectivity index (χ2n) is 3.96. The first-order valence-corrected chi connectivity index (χ1v) is 6.41. The molecule has 0 atom stereocenters. The molecule has 0 spiro atoms. The highest BCUT2D eigenvalue weighted by Crippen LogP contribution is 2.28. The maximum atomic E-state index is 5.72. The van der Waals surface area contributed by atoms with Crippen LogP contribution in [0.25, 0.3) is 10.9 Å². The summed E-state index contributed by atoms with van der Waals surface area (Å²) < 4.78 is 0.654. The van der Waals surface area contributed by atoms with Crippen molar-refractivity contribution in [2.24, 2.45) is 0 Å². The van der Waals surface area contributed by atoms with Gasteiger partial charge in [0.05, 0.1) is 5.52 Å². The number of fused-ring (bicyclic) bond motifs is 1. The number of nitrogens with zero attached hydrogens (tertiary/aromatic N) is 3. The van der Waals surface area contributed by atoms with E-state index in [1.165, 1.54) is 6.33 Å². The Morgan fingerprint density at radius 2 is 2.00 bits per heavy atom. The summed E-state index contributed by atoms with van der Waals surface area (Å²) >= 11 is 3.36. The van der Waals surface area contributed by atoms with Gasteiger partial charge in [-0.2, -0.15) is 0 Å². The molecule has 0 aliphatic rings. The zero-order valence-electron chi connectivity index (χ0n) is 9.84. The van der Waals surface area contributed by atoms with Crippen LogP contribution in [-0.2, 0) is 0 Å². The number of nitrogens with two attached hydrogens (primary N) is 1. The SMILES string of the molecule is Nc1ncnc(Nc2ccc3ncccc3c2)c1Br. The minimum absolute atomic E-state index is 0.403. The number of aromatic nitrogens is 3. The van der Waals surface area contributed by atoms with Crippen LogP contribution in [0.15, 0.2) is 47.3 Å². The van der Waals surface area contributed by atoms with Crippen LogP contribution >= 0.6 is 15.9 Å².